The standard InChI is InChI=1S/C14H26N2O4/c1-14(2,3)11(12(17)18)16-13(19)15-7-4-8-20-9-10-5-6-10/h10-11H,4-9H2,1-3H3,(H,17,18)(H2,15,16,19). The predicted octanol–water partition coefficient (Wildman–Crippen LogP) is 1.60. The van der Waals surface area contributed by atoms with Crippen molar-refractivity contribution < 1.29 is 19.4 Å². The number of ether oxygens (including phenoxy) is 1. The third-order valence-corrected chi connectivity index (χ3v) is 3.19. The number of carbonyl (C=O) groups is 2. The number of carboxylic acid groups (broad SMARTS) is 1. The first kappa shape index (κ1) is 16.8. The molecule has 1 saturated carbocycles. The van der Waals surface area contributed by atoms with Gasteiger partial charge in [-0.1, -0.05) is 20.8 Å². The van der Waals surface area contributed by atoms with Gasteiger partial charge in [-0.25, -0.2) is 9.59 Å². The van der Waals surface area contributed by atoms with Crippen molar-refractivity contribution in [3.05, 3.63) is 0 Å². The highest BCUT2D eigenvalue weighted by atomic mass is 16.5. The molecule has 0 aromatic heterocycles. The molecule has 6 heteroatoms. The van der Waals surface area contributed by atoms with Crippen LogP contribution in [-0.4, -0.2) is 42.9 Å². The maximum Gasteiger partial charge on any atom is 0.326 e. The molecule has 0 spiro atoms. The molecular weight excluding hydrogens is 260 g/mol. The molecule has 116 valence electrons. The molecular formula is C14H26N2O4. The van der Waals surface area contributed by atoms with Crippen LogP contribution in [0.5, 0.6) is 0 Å². The number of amides is 2. The number of carbonyl (C=O) groups excluding carboxylic acids is 1. The largest absolute Gasteiger partial charge is 0.480 e. The third kappa shape index (κ3) is 6.75. The zero-order valence-electron chi connectivity index (χ0n) is 12.6. The molecule has 1 aliphatic carbocycles. The van der Waals surface area contributed by atoms with Crippen LogP contribution in [0.1, 0.15) is 40.0 Å². The second-order valence-corrected chi connectivity index (χ2v) is 6.41. The smallest absolute Gasteiger partial charge is 0.326 e. The van der Waals surface area contributed by atoms with Crippen LogP contribution in [0.15, 0.2) is 0 Å². The molecule has 1 unspecified atom stereocenters. The number of hydrogen-bond donors (Lipinski definition) is 3. The molecule has 1 fully saturated rings. The quantitative estimate of drug-likeness (QED) is 0.591. The molecule has 0 bridgehead atoms. The molecule has 0 aromatic rings. The summed E-state index contributed by atoms with van der Waals surface area (Å²) in [6.45, 7) is 7.25. The zero-order chi connectivity index (χ0) is 15.2. The first-order chi connectivity index (χ1) is 9.30. The summed E-state index contributed by atoms with van der Waals surface area (Å²) in [6.07, 6.45) is 3.27. The second kappa shape index (κ2) is 7.47. The molecule has 6 nitrogen and oxygen atoms in total. The molecule has 3 N–H and O–H groups in total. The molecule has 0 heterocycles. The highest BCUT2D eigenvalue weighted by molar-refractivity contribution is 5.83. The minimum Gasteiger partial charge on any atom is -0.480 e. The Labute approximate surface area is 120 Å². The average molecular weight is 286 g/mol. The number of carboxylic acids is 1. The summed E-state index contributed by atoms with van der Waals surface area (Å²) in [4.78, 5) is 22.7. The Bertz CT molecular complexity index is 335. The number of nitrogens with one attached hydrogen (secondary N) is 2. The third-order valence-electron chi connectivity index (χ3n) is 3.19. The van der Waals surface area contributed by atoms with E-state index < -0.39 is 23.5 Å². The Balaban J connectivity index is 2.12. The lowest BCUT2D eigenvalue weighted by molar-refractivity contribution is -0.141. The van der Waals surface area contributed by atoms with Crippen molar-refractivity contribution >= 4 is 12.0 Å². The van der Waals surface area contributed by atoms with Crippen molar-refractivity contribution in [3.8, 4) is 0 Å². The maximum absolute atomic E-state index is 11.6. The van der Waals surface area contributed by atoms with Gasteiger partial charge in [-0.15, -0.1) is 0 Å². The fraction of sp³-hybridized carbons (Fsp3) is 0.857. The van der Waals surface area contributed by atoms with E-state index >= 15 is 0 Å². The summed E-state index contributed by atoms with van der Waals surface area (Å²) in [5.41, 5.74) is -0.531. The van der Waals surface area contributed by atoms with Crippen LogP contribution >= 0.6 is 0 Å². The number of rotatable bonds is 8. The van der Waals surface area contributed by atoms with Crippen LogP contribution in [0.4, 0.5) is 4.79 Å². The Morgan fingerprint density at radius 1 is 1.35 bits per heavy atom. The van der Waals surface area contributed by atoms with E-state index in [1.54, 1.807) is 20.8 Å². The van der Waals surface area contributed by atoms with Crippen LogP contribution in [0.2, 0.25) is 0 Å². The van der Waals surface area contributed by atoms with E-state index in [1.165, 1.54) is 12.8 Å². The summed E-state index contributed by atoms with van der Waals surface area (Å²) < 4.78 is 5.45. The highest BCUT2D eigenvalue weighted by Crippen LogP contribution is 2.28. The fourth-order valence-corrected chi connectivity index (χ4v) is 1.74. The minimum absolute atomic E-state index is 0.450. The van der Waals surface area contributed by atoms with Crippen LogP contribution in [-0.2, 0) is 9.53 Å². The van der Waals surface area contributed by atoms with Crippen molar-refractivity contribution in [1.29, 1.82) is 0 Å². The van der Waals surface area contributed by atoms with Crippen molar-refractivity contribution in [3.63, 3.8) is 0 Å². The Hall–Kier alpha value is -1.30. The minimum atomic E-state index is -1.03. The van der Waals surface area contributed by atoms with E-state index in [4.69, 9.17) is 9.84 Å². The van der Waals surface area contributed by atoms with Crippen molar-refractivity contribution in [2.45, 2.75) is 46.1 Å². The molecule has 0 radical (unpaired) electrons. The normalized spacial score (nSPS) is 16.6. The van der Waals surface area contributed by atoms with Gasteiger partial charge >= 0.3 is 12.0 Å². The Morgan fingerprint density at radius 3 is 2.50 bits per heavy atom. The number of aliphatic carboxylic acids is 1. The monoisotopic (exact) mass is 286 g/mol. The molecule has 1 atom stereocenters. The van der Waals surface area contributed by atoms with E-state index in [1.807, 2.05) is 0 Å². The van der Waals surface area contributed by atoms with Gasteiger partial charge in [-0.05, 0) is 30.6 Å². The van der Waals surface area contributed by atoms with Crippen LogP contribution in [0.25, 0.3) is 0 Å². The van der Waals surface area contributed by atoms with Crippen LogP contribution < -0.4 is 10.6 Å². The molecule has 1 aliphatic rings. The maximum atomic E-state index is 11.6. The number of urea groups is 1. The molecule has 0 aliphatic heterocycles. The van der Waals surface area contributed by atoms with E-state index in [2.05, 4.69) is 10.6 Å². The van der Waals surface area contributed by atoms with Crippen LogP contribution in [0.3, 0.4) is 0 Å². The lowest BCUT2D eigenvalue weighted by atomic mass is 9.87. The summed E-state index contributed by atoms with van der Waals surface area (Å²) >= 11 is 0. The van der Waals surface area contributed by atoms with Gasteiger partial charge in [-0.2, -0.15) is 0 Å². The molecule has 1 rings (SSSR count). The Morgan fingerprint density at radius 2 is 2.00 bits per heavy atom. The van der Waals surface area contributed by atoms with Gasteiger partial charge in [0.25, 0.3) is 0 Å². The van der Waals surface area contributed by atoms with Crippen LogP contribution in [0, 0.1) is 11.3 Å². The predicted molar refractivity (Wildman–Crippen MR) is 75.6 cm³/mol. The van der Waals surface area contributed by atoms with E-state index in [0.29, 0.717) is 13.2 Å². The van der Waals surface area contributed by atoms with Crippen molar-refractivity contribution in [2.75, 3.05) is 19.8 Å². The average Bonchev–Trinajstić information content (AvgIpc) is 3.12. The van der Waals surface area contributed by atoms with Gasteiger partial charge in [0.2, 0.25) is 0 Å². The van der Waals surface area contributed by atoms with E-state index in [9.17, 15) is 9.59 Å². The SMILES string of the molecule is CC(C)(C)C(NC(=O)NCCCOCC1CC1)C(=O)O. The highest BCUT2D eigenvalue weighted by Gasteiger charge is 2.32. The second-order valence-electron chi connectivity index (χ2n) is 6.41. The summed E-state index contributed by atoms with van der Waals surface area (Å²) in [7, 11) is 0. The van der Waals surface area contributed by atoms with Gasteiger partial charge in [-0.3, -0.25) is 0 Å². The van der Waals surface area contributed by atoms with Gasteiger partial charge in [0.05, 0.1) is 0 Å². The van der Waals surface area contributed by atoms with Gasteiger partial charge < -0.3 is 20.5 Å². The fourth-order valence-electron chi connectivity index (χ4n) is 1.74. The Kier molecular flexibility index (Phi) is 6.26. The first-order valence-corrected chi connectivity index (χ1v) is 7.15. The zero-order valence-corrected chi connectivity index (χ0v) is 12.6. The lowest BCUT2D eigenvalue weighted by Gasteiger charge is -2.27. The summed E-state index contributed by atoms with van der Waals surface area (Å²) in [6, 6.07) is -1.36. The molecule has 0 saturated heterocycles. The molecule has 20 heavy (non-hydrogen) atoms. The first-order valence-electron chi connectivity index (χ1n) is 7.15. The van der Waals surface area contributed by atoms with Crippen molar-refractivity contribution in [2.24, 2.45) is 11.3 Å². The van der Waals surface area contributed by atoms with Gasteiger partial charge in [0.15, 0.2) is 0 Å². The van der Waals surface area contributed by atoms with E-state index in [0.717, 1.165) is 18.9 Å². The summed E-state index contributed by atoms with van der Waals surface area (Å²) in [5, 5.41) is 14.2. The van der Waals surface area contributed by atoms with E-state index in [-0.39, 0.29) is 0 Å². The molecule has 0 aromatic carbocycles. The topological polar surface area (TPSA) is 87.7 Å². The molecule has 2 amide bonds. The lowest BCUT2D eigenvalue weighted by Crippen LogP contribution is -2.52. The van der Waals surface area contributed by atoms with Gasteiger partial charge in [0, 0.05) is 19.8 Å². The van der Waals surface area contributed by atoms with Crippen molar-refractivity contribution in [1.82, 2.24) is 10.6 Å². The number of hydrogen-bond acceptors (Lipinski definition) is 3. The van der Waals surface area contributed by atoms with Gasteiger partial charge in [0.1, 0.15) is 6.04 Å². The summed E-state index contributed by atoms with van der Waals surface area (Å²) in [5.74, 6) is -0.283.